The summed E-state index contributed by atoms with van der Waals surface area (Å²) in [6, 6.07) is 15.0. The van der Waals surface area contributed by atoms with Gasteiger partial charge in [0, 0.05) is 43.3 Å². The van der Waals surface area contributed by atoms with Gasteiger partial charge in [-0.25, -0.2) is 0 Å². The Morgan fingerprint density at radius 3 is 2.22 bits per heavy atom. The van der Waals surface area contributed by atoms with E-state index >= 15 is 0 Å². The average molecular weight is 384 g/mol. The molecule has 140 valence electrons. The zero-order valence-corrected chi connectivity index (χ0v) is 15.8. The Labute approximate surface area is 163 Å². The van der Waals surface area contributed by atoms with Crippen LogP contribution in [0.2, 0.25) is 5.02 Å². The summed E-state index contributed by atoms with van der Waals surface area (Å²) in [6.45, 7) is 2.82. The molecule has 2 aromatic carbocycles. The lowest BCUT2D eigenvalue weighted by atomic mass is 10.1. The van der Waals surface area contributed by atoms with Crippen LogP contribution in [0.4, 0.5) is 11.4 Å². The molecule has 27 heavy (non-hydrogen) atoms. The molecule has 2 aromatic rings. The third kappa shape index (κ3) is 4.08. The summed E-state index contributed by atoms with van der Waals surface area (Å²) < 4.78 is 0. The van der Waals surface area contributed by atoms with Gasteiger partial charge in [-0.3, -0.25) is 9.59 Å². The zero-order chi connectivity index (χ0) is 18.8. The topological polar surface area (TPSA) is 52.7 Å². The molecule has 2 amide bonds. The van der Waals surface area contributed by atoms with Crippen LogP contribution in [0, 0.1) is 5.92 Å². The number of nitrogens with one attached hydrogen (secondary N) is 1. The van der Waals surface area contributed by atoms with Crippen molar-refractivity contribution < 1.29 is 9.59 Å². The fourth-order valence-corrected chi connectivity index (χ4v) is 3.58. The van der Waals surface area contributed by atoms with Gasteiger partial charge in [0.1, 0.15) is 0 Å². The Balaban J connectivity index is 1.35. The third-order valence-corrected chi connectivity index (χ3v) is 5.43. The minimum absolute atomic E-state index is 0.0221. The summed E-state index contributed by atoms with van der Waals surface area (Å²) in [5.74, 6) is 0.263. The minimum Gasteiger partial charge on any atom is -0.367 e. The molecule has 1 aliphatic carbocycles. The number of nitrogens with zero attached hydrogens (tertiary/aromatic N) is 2. The quantitative estimate of drug-likeness (QED) is 0.876. The second kappa shape index (κ2) is 7.61. The van der Waals surface area contributed by atoms with Crippen molar-refractivity contribution in [1.29, 1.82) is 0 Å². The van der Waals surface area contributed by atoms with E-state index in [-0.39, 0.29) is 17.7 Å². The highest BCUT2D eigenvalue weighted by Gasteiger charge is 2.29. The van der Waals surface area contributed by atoms with Gasteiger partial charge >= 0.3 is 0 Å². The van der Waals surface area contributed by atoms with Crippen LogP contribution in [0.25, 0.3) is 0 Å². The van der Waals surface area contributed by atoms with Gasteiger partial charge in [0.25, 0.3) is 5.91 Å². The Hall–Kier alpha value is -2.53. The van der Waals surface area contributed by atoms with E-state index < -0.39 is 0 Å². The first-order valence-electron chi connectivity index (χ1n) is 9.31. The molecule has 2 fully saturated rings. The van der Waals surface area contributed by atoms with Gasteiger partial charge in [-0.1, -0.05) is 23.7 Å². The number of benzene rings is 2. The van der Waals surface area contributed by atoms with Gasteiger partial charge in [-0.2, -0.15) is 0 Å². The van der Waals surface area contributed by atoms with E-state index in [0.717, 1.165) is 42.3 Å². The molecule has 4 rings (SSSR count). The molecule has 1 heterocycles. The van der Waals surface area contributed by atoms with Crippen LogP contribution in [-0.4, -0.2) is 42.9 Å². The van der Waals surface area contributed by atoms with Crippen molar-refractivity contribution in [2.24, 2.45) is 5.92 Å². The van der Waals surface area contributed by atoms with E-state index in [1.165, 1.54) is 0 Å². The van der Waals surface area contributed by atoms with Crippen LogP contribution in [0.15, 0.2) is 48.5 Å². The van der Waals surface area contributed by atoms with Crippen molar-refractivity contribution in [2.75, 3.05) is 36.4 Å². The van der Waals surface area contributed by atoms with E-state index in [0.29, 0.717) is 18.7 Å². The number of piperazine rings is 1. The molecule has 0 unspecified atom stereocenters. The summed E-state index contributed by atoms with van der Waals surface area (Å²) in [4.78, 5) is 28.6. The standard InChI is InChI=1S/C21H22ClN3O2/c22-18-3-1-2-4-19(18)24-11-13-25(14-12-24)21(27)16-7-9-17(10-8-16)23-20(26)15-5-6-15/h1-4,7-10,15H,5-6,11-14H2,(H,23,26). The second-order valence-corrected chi connectivity index (χ2v) is 7.48. The Kier molecular flexibility index (Phi) is 5.03. The van der Waals surface area contributed by atoms with Crippen molar-refractivity contribution in [3.05, 3.63) is 59.1 Å². The van der Waals surface area contributed by atoms with E-state index in [1.54, 1.807) is 24.3 Å². The summed E-state index contributed by atoms with van der Waals surface area (Å²) in [6.07, 6.45) is 1.95. The summed E-state index contributed by atoms with van der Waals surface area (Å²) >= 11 is 6.27. The average Bonchev–Trinajstić information content (AvgIpc) is 3.54. The monoisotopic (exact) mass is 383 g/mol. The maximum atomic E-state index is 12.8. The van der Waals surface area contributed by atoms with Gasteiger partial charge < -0.3 is 15.1 Å². The first-order chi connectivity index (χ1) is 13.1. The molecule has 1 aliphatic heterocycles. The highest BCUT2D eigenvalue weighted by molar-refractivity contribution is 6.33. The lowest BCUT2D eigenvalue weighted by Crippen LogP contribution is -2.48. The Bertz CT molecular complexity index is 841. The fraction of sp³-hybridized carbons (Fsp3) is 0.333. The van der Waals surface area contributed by atoms with Crippen LogP contribution >= 0.6 is 11.6 Å². The minimum atomic E-state index is 0.0221. The van der Waals surface area contributed by atoms with Gasteiger partial charge in [-0.15, -0.1) is 0 Å². The number of rotatable bonds is 4. The SMILES string of the molecule is O=C(Nc1ccc(C(=O)N2CCN(c3ccccc3Cl)CC2)cc1)C1CC1. The molecule has 0 radical (unpaired) electrons. The number of anilines is 2. The van der Waals surface area contributed by atoms with E-state index in [9.17, 15) is 9.59 Å². The van der Waals surface area contributed by atoms with Crippen molar-refractivity contribution in [2.45, 2.75) is 12.8 Å². The molecule has 5 nitrogen and oxygen atoms in total. The van der Waals surface area contributed by atoms with Crippen molar-refractivity contribution in [3.8, 4) is 0 Å². The van der Waals surface area contributed by atoms with Gasteiger partial charge in [0.2, 0.25) is 5.91 Å². The molecular weight excluding hydrogens is 362 g/mol. The number of halogens is 1. The van der Waals surface area contributed by atoms with Crippen molar-refractivity contribution in [1.82, 2.24) is 4.90 Å². The predicted octanol–water partition coefficient (Wildman–Crippen LogP) is 3.65. The number of amides is 2. The number of carbonyl (C=O) groups is 2. The van der Waals surface area contributed by atoms with Gasteiger partial charge in [0.05, 0.1) is 10.7 Å². The molecule has 0 atom stereocenters. The largest absolute Gasteiger partial charge is 0.367 e. The molecule has 1 saturated heterocycles. The molecule has 0 bridgehead atoms. The fourth-order valence-electron chi connectivity index (χ4n) is 3.33. The molecular formula is C21H22ClN3O2. The van der Waals surface area contributed by atoms with Crippen molar-refractivity contribution >= 4 is 34.8 Å². The van der Waals surface area contributed by atoms with E-state index in [1.807, 2.05) is 29.2 Å². The van der Waals surface area contributed by atoms with Gasteiger partial charge in [0.15, 0.2) is 0 Å². The van der Waals surface area contributed by atoms with Crippen LogP contribution < -0.4 is 10.2 Å². The Morgan fingerprint density at radius 1 is 0.926 bits per heavy atom. The normalized spacial score (nSPS) is 16.9. The molecule has 0 aromatic heterocycles. The second-order valence-electron chi connectivity index (χ2n) is 7.07. The molecule has 6 heteroatoms. The zero-order valence-electron chi connectivity index (χ0n) is 15.0. The lowest BCUT2D eigenvalue weighted by molar-refractivity contribution is -0.117. The Morgan fingerprint density at radius 2 is 1.59 bits per heavy atom. The maximum absolute atomic E-state index is 12.8. The lowest BCUT2D eigenvalue weighted by Gasteiger charge is -2.36. The molecule has 1 saturated carbocycles. The van der Waals surface area contributed by atoms with Crippen LogP contribution in [-0.2, 0) is 4.79 Å². The number of para-hydroxylation sites is 1. The third-order valence-electron chi connectivity index (χ3n) is 5.11. The van der Waals surface area contributed by atoms with Crippen LogP contribution in [0.3, 0.4) is 0 Å². The van der Waals surface area contributed by atoms with Gasteiger partial charge in [-0.05, 0) is 49.2 Å². The smallest absolute Gasteiger partial charge is 0.253 e. The highest BCUT2D eigenvalue weighted by atomic mass is 35.5. The van der Waals surface area contributed by atoms with E-state index in [4.69, 9.17) is 11.6 Å². The number of hydrogen-bond acceptors (Lipinski definition) is 3. The highest BCUT2D eigenvalue weighted by Crippen LogP contribution is 2.30. The molecule has 1 N–H and O–H groups in total. The summed E-state index contributed by atoms with van der Waals surface area (Å²) in [7, 11) is 0. The van der Waals surface area contributed by atoms with E-state index in [2.05, 4.69) is 10.2 Å². The predicted molar refractivity (Wildman–Crippen MR) is 107 cm³/mol. The van der Waals surface area contributed by atoms with Crippen molar-refractivity contribution in [3.63, 3.8) is 0 Å². The molecule has 0 spiro atoms. The van der Waals surface area contributed by atoms with Crippen LogP contribution in [0.1, 0.15) is 23.2 Å². The maximum Gasteiger partial charge on any atom is 0.253 e. The summed E-state index contributed by atoms with van der Waals surface area (Å²) in [5, 5.41) is 3.63. The first-order valence-corrected chi connectivity index (χ1v) is 9.69. The summed E-state index contributed by atoms with van der Waals surface area (Å²) in [5.41, 5.74) is 2.40. The number of carbonyl (C=O) groups excluding carboxylic acids is 2. The number of hydrogen-bond donors (Lipinski definition) is 1. The molecule has 2 aliphatic rings. The first kappa shape index (κ1) is 17.9. The van der Waals surface area contributed by atoms with Crippen LogP contribution in [0.5, 0.6) is 0 Å².